The van der Waals surface area contributed by atoms with E-state index in [1.807, 2.05) is 13.0 Å². The molecule has 0 aliphatic carbocycles. The second-order valence-corrected chi connectivity index (χ2v) is 3.36. The number of carbonyl (C=O) groups is 2. The molecule has 0 unspecified atom stereocenters. The number of ether oxygens (including phenoxy) is 1. The van der Waals surface area contributed by atoms with Crippen LogP contribution in [0.1, 0.15) is 45.7 Å². The van der Waals surface area contributed by atoms with Crippen LogP contribution in [0.4, 0.5) is 0 Å². The van der Waals surface area contributed by atoms with E-state index in [9.17, 15) is 9.59 Å². The molecule has 0 aliphatic heterocycles. The van der Waals surface area contributed by atoms with Gasteiger partial charge in [-0.15, -0.1) is 0 Å². The number of aldehydes is 1. The van der Waals surface area contributed by atoms with Gasteiger partial charge < -0.3 is 4.74 Å². The number of nitrogens with zero attached hydrogens (tertiary/aromatic N) is 1. The summed E-state index contributed by atoms with van der Waals surface area (Å²) >= 11 is 0. The van der Waals surface area contributed by atoms with Crippen LogP contribution < -0.4 is 0 Å². The standard InChI is InChI=1S/C13H13NO3/c1-3-9-5-6-10(7-14)12(11(9)8-15)13(16)17-4-2/h5-6,8H,3-4H2,1-2H3. The third-order valence-corrected chi connectivity index (χ3v) is 2.43. The largest absolute Gasteiger partial charge is 0.462 e. The first-order valence-corrected chi connectivity index (χ1v) is 5.37. The minimum absolute atomic E-state index is 0.0729. The Kier molecular flexibility index (Phi) is 4.41. The van der Waals surface area contributed by atoms with Crippen molar-refractivity contribution in [1.82, 2.24) is 0 Å². The fraction of sp³-hybridized carbons (Fsp3) is 0.308. The molecule has 0 fully saturated rings. The molecule has 0 N–H and O–H groups in total. The minimum atomic E-state index is -0.624. The monoisotopic (exact) mass is 231 g/mol. The first kappa shape index (κ1) is 12.9. The molecule has 0 bridgehead atoms. The van der Waals surface area contributed by atoms with Gasteiger partial charge in [-0.05, 0) is 25.0 Å². The van der Waals surface area contributed by atoms with Gasteiger partial charge in [-0.25, -0.2) is 4.79 Å². The molecule has 0 atom stereocenters. The van der Waals surface area contributed by atoms with Gasteiger partial charge in [-0.2, -0.15) is 5.26 Å². The lowest BCUT2D eigenvalue weighted by molar-refractivity contribution is 0.0523. The van der Waals surface area contributed by atoms with E-state index in [2.05, 4.69) is 0 Å². The second kappa shape index (κ2) is 5.80. The normalized spacial score (nSPS) is 9.47. The Morgan fingerprint density at radius 3 is 2.65 bits per heavy atom. The quantitative estimate of drug-likeness (QED) is 0.588. The Hall–Kier alpha value is -2.15. The van der Waals surface area contributed by atoms with E-state index in [0.29, 0.717) is 12.7 Å². The third-order valence-electron chi connectivity index (χ3n) is 2.43. The maximum absolute atomic E-state index is 11.7. The van der Waals surface area contributed by atoms with E-state index in [1.165, 1.54) is 6.07 Å². The fourth-order valence-corrected chi connectivity index (χ4v) is 1.62. The van der Waals surface area contributed by atoms with Crippen molar-refractivity contribution in [3.63, 3.8) is 0 Å². The van der Waals surface area contributed by atoms with E-state index in [4.69, 9.17) is 10.00 Å². The Balaban J connectivity index is 3.46. The second-order valence-electron chi connectivity index (χ2n) is 3.36. The molecule has 4 nitrogen and oxygen atoms in total. The Morgan fingerprint density at radius 2 is 2.18 bits per heavy atom. The zero-order valence-electron chi connectivity index (χ0n) is 9.82. The SMILES string of the molecule is CCOC(=O)c1c(C#N)ccc(CC)c1C=O. The number of aryl methyl sites for hydroxylation is 1. The Morgan fingerprint density at radius 1 is 1.47 bits per heavy atom. The van der Waals surface area contributed by atoms with Crippen molar-refractivity contribution >= 4 is 12.3 Å². The Labute approximate surface area is 99.8 Å². The highest BCUT2D eigenvalue weighted by Crippen LogP contribution is 2.19. The van der Waals surface area contributed by atoms with Crippen LogP contribution in [0, 0.1) is 11.3 Å². The maximum atomic E-state index is 11.7. The molecule has 0 radical (unpaired) electrons. The van der Waals surface area contributed by atoms with Gasteiger partial charge in [0, 0.05) is 5.56 Å². The average Bonchev–Trinajstić information content (AvgIpc) is 2.36. The summed E-state index contributed by atoms with van der Waals surface area (Å²) in [5.41, 5.74) is 1.23. The van der Waals surface area contributed by atoms with Crippen molar-refractivity contribution in [2.45, 2.75) is 20.3 Å². The first-order valence-electron chi connectivity index (χ1n) is 5.37. The van der Waals surface area contributed by atoms with Crippen molar-refractivity contribution in [2.24, 2.45) is 0 Å². The van der Waals surface area contributed by atoms with Crippen LogP contribution in [0.3, 0.4) is 0 Å². The van der Waals surface area contributed by atoms with Crippen LogP contribution in [0.5, 0.6) is 0 Å². The molecule has 1 aromatic rings. The summed E-state index contributed by atoms with van der Waals surface area (Å²) in [6.07, 6.45) is 1.22. The molecule has 1 aromatic carbocycles. The zero-order valence-corrected chi connectivity index (χ0v) is 9.82. The van der Waals surface area contributed by atoms with Gasteiger partial charge >= 0.3 is 5.97 Å². The number of hydrogen-bond acceptors (Lipinski definition) is 4. The first-order chi connectivity index (χ1) is 8.19. The van der Waals surface area contributed by atoms with Crippen molar-refractivity contribution in [2.75, 3.05) is 6.61 Å². The topological polar surface area (TPSA) is 67.2 Å². The molecule has 0 saturated carbocycles. The van der Waals surface area contributed by atoms with Crippen LogP contribution in [0.2, 0.25) is 0 Å². The van der Waals surface area contributed by atoms with Crippen molar-refractivity contribution in [3.05, 3.63) is 34.4 Å². The maximum Gasteiger partial charge on any atom is 0.340 e. The molecule has 0 heterocycles. The lowest BCUT2D eigenvalue weighted by atomic mass is 9.96. The van der Waals surface area contributed by atoms with Gasteiger partial charge in [0.25, 0.3) is 0 Å². The van der Waals surface area contributed by atoms with Gasteiger partial charge in [0.05, 0.1) is 17.7 Å². The highest BCUT2D eigenvalue weighted by atomic mass is 16.5. The van der Waals surface area contributed by atoms with E-state index < -0.39 is 5.97 Å². The smallest absolute Gasteiger partial charge is 0.340 e. The third kappa shape index (κ3) is 2.51. The van der Waals surface area contributed by atoms with Gasteiger partial charge in [0.2, 0.25) is 0 Å². The van der Waals surface area contributed by atoms with Crippen LogP contribution in [-0.2, 0) is 11.2 Å². The zero-order chi connectivity index (χ0) is 12.8. The number of nitriles is 1. The molecule has 0 aliphatic rings. The number of benzene rings is 1. The highest BCUT2D eigenvalue weighted by Gasteiger charge is 2.19. The van der Waals surface area contributed by atoms with E-state index >= 15 is 0 Å². The fourth-order valence-electron chi connectivity index (χ4n) is 1.62. The average molecular weight is 231 g/mol. The van der Waals surface area contributed by atoms with Gasteiger partial charge in [-0.3, -0.25) is 4.79 Å². The van der Waals surface area contributed by atoms with Crippen molar-refractivity contribution < 1.29 is 14.3 Å². The molecule has 0 spiro atoms. The van der Waals surface area contributed by atoms with Crippen LogP contribution in [0.15, 0.2) is 12.1 Å². The van der Waals surface area contributed by atoms with Gasteiger partial charge in [0.1, 0.15) is 6.07 Å². The molecule has 4 heteroatoms. The summed E-state index contributed by atoms with van der Waals surface area (Å²) in [6.45, 7) is 3.76. The van der Waals surface area contributed by atoms with Crippen LogP contribution in [-0.4, -0.2) is 18.9 Å². The number of rotatable bonds is 4. The number of hydrogen-bond donors (Lipinski definition) is 0. The summed E-state index contributed by atoms with van der Waals surface area (Å²) in [7, 11) is 0. The lowest BCUT2D eigenvalue weighted by Gasteiger charge is -2.10. The molecule has 0 saturated heterocycles. The van der Waals surface area contributed by atoms with E-state index in [0.717, 1.165) is 5.56 Å². The van der Waals surface area contributed by atoms with E-state index in [1.54, 1.807) is 13.0 Å². The number of carbonyl (C=O) groups excluding carboxylic acids is 2. The van der Waals surface area contributed by atoms with Gasteiger partial charge in [0.15, 0.2) is 6.29 Å². The lowest BCUT2D eigenvalue weighted by Crippen LogP contribution is -2.12. The highest BCUT2D eigenvalue weighted by molar-refractivity contribution is 6.01. The molecular formula is C13H13NO3. The number of esters is 1. The minimum Gasteiger partial charge on any atom is -0.462 e. The molecule has 0 amide bonds. The summed E-state index contributed by atoms with van der Waals surface area (Å²) < 4.78 is 4.86. The summed E-state index contributed by atoms with van der Waals surface area (Å²) in [4.78, 5) is 22.8. The van der Waals surface area contributed by atoms with Crippen molar-refractivity contribution in [3.8, 4) is 6.07 Å². The molecule has 1 rings (SSSR count). The predicted octanol–water partition coefficient (Wildman–Crippen LogP) is 2.11. The molecule has 88 valence electrons. The van der Waals surface area contributed by atoms with Crippen LogP contribution >= 0.6 is 0 Å². The summed E-state index contributed by atoms with van der Waals surface area (Å²) in [6, 6.07) is 5.13. The Bertz CT molecular complexity index is 486. The molecular weight excluding hydrogens is 218 g/mol. The van der Waals surface area contributed by atoms with Gasteiger partial charge in [-0.1, -0.05) is 13.0 Å². The van der Waals surface area contributed by atoms with Crippen molar-refractivity contribution in [1.29, 1.82) is 5.26 Å². The summed E-state index contributed by atoms with van der Waals surface area (Å²) in [5.74, 6) is -0.624. The predicted molar refractivity (Wildman–Crippen MR) is 61.9 cm³/mol. The van der Waals surface area contributed by atoms with E-state index in [-0.39, 0.29) is 23.3 Å². The van der Waals surface area contributed by atoms with Crippen LogP contribution in [0.25, 0.3) is 0 Å². The summed E-state index contributed by atoms with van der Waals surface area (Å²) in [5, 5.41) is 8.95. The molecule has 0 aromatic heterocycles. The molecule has 17 heavy (non-hydrogen) atoms.